The van der Waals surface area contributed by atoms with E-state index in [0.29, 0.717) is 5.69 Å². The number of nitrogens with one attached hydrogen (secondary N) is 3. The van der Waals surface area contributed by atoms with Crippen molar-refractivity contribution in [3.8, 4) is 0 Å². The highest BCUT2D eigenvalue weighted by Crippen LogP contribution is 2.65. The van der Waals surface area contributed by atoms with Crippen LogP contribution in [0.3, 0.4) is 0 Å². The van der Waals surface area contributed by atoms with Crippen molar-refractivity contribution in [3.63, 3.8) is 0 Å². The van der Waals surface area contributed by atoms with Crippen LogP contribution >= 0.6 is 0 Å². The molecule has 1 aromatic carbocycles. The van der Waals surface area contributed by atoms with Crippen molar-refractivity contribution in [1.82, 2.24) is 10.9 Å². The summed E-state index contributed by atoms with van der Waals surface area (Å²) in [5.74, 6) is 0.0289. The first-order chi connectivity index (χ1) is 9.20. The number of carbonyl (C=O) groups is 2. The molecule has 3 rings (SSSR count). The summed E-state index contributed by atoms with van der Waals surface area (Å²) in [5.41, 5.74) is 5.85. The van der Waals surface area contributed by atoms with Crippen LogP contribution in [0.4, 0.5) is 10.5 Å². The normalized spacial score (nSPS) is 22.2. The van der Waals surface area contributed by atoms with Gasteiger partial charge in [0.15, 0.2) is 0 Å². The predicted octanol–water partition coefficient (Wildman–Crippen LogP) is 2.03. The van der Waals surface area contributed by atoms with Gasteiger partial charge >= 0.3 is 6.03 Å². The number of hydrogen-bond donors (Lipinski definition) is 3. The molecule has 0 aliphatic heterocycles. The standard InChI is InChI=1S/C14H17N3O2/c18-12(11-9-14(11)7-4-8-14)16-17-13(19)15-10-5-2-1-3-6-10/h1-3,5-6,11H,4,7-9H2,(H,16,18)(H2,15,17,19). The molecule has 100 valence electrons. The van der Waals surface area contributed by atoms with Gasteiger partial charge in [0.2, 0.25) is 5.91 Å². The molecular formula is C14H17N3O2. The number of benzene rings is 1. The van der Waals surface area contributed by atoms with Gasteiger partial charge in [-0.2, -0.15) is 0 Å². The summed E-state index contributed by atoms with van der Waals surface area (Å²) in [4.78, 5) is 23.4. The maximum absolute atomic E-state index is 11.8. The van der Waals surface area contributed by atoms with Crippen molar-refractivity contribution in [2.45, 2.75) is 25.7 Å². The van der Waals surface area contributed by atoms with Gasteiger partial charge in [-0.3, -0.25) is 10.2 Å². The van der Waals surface area contributed by atoms with Crippen LogP contribution in [-0.4, -0.2) is 11.9 Å². The SMILES string of the molecule is O=C(NNC(=O)C1CC12CCC2)Nc1ccccc1. The molecule has 1 aromatic rings. The van der Waals surface area contributed by atoms with E-state index in [2.05, 4.69) is 16.2 Å². The van der Waals surface area contributed by atoms with E-state index in [1.807, 2.05) is 18.2 Å². The van der Waals surface area contributed by atoms with Gasteiger partial charge in [-0.1, -0.05) is 24.6 Å². The maximum atomic E-state index is 11.8. The molecule has 1 unspecified atom stereocenters. The van der Waals surface area contributed by atoms with Crippen molar-refractivity contribution in [1.29, 1.82) is 0 Å². The van der Waals surface area contributed by atoms with Gasteiger partial charge in [0, 0.05) is 11.6 Å². The Kier molecular flexibility index (Phi) is 2.89. The van der Waals surface area contributed by atoms with Gasteiger partial charge in [0.1, 0.15) is 0 Å². The molecule has 19 heavy (non-hydrogen) atoms. The van der Waals surface area contributed by atoms with Crippen molar-refractivity contribution >= 4 is 17.6 Å². The molecule has 5 heteroatoms. The zero-order valence-electron chi connectivity index (χ0n) is 10.6. The Morgan fingerprint density at radius 3 is 2.42 bits per heavy atom. The third-order valence-electron chi connectivity index (χ3n) is 4.19. The van der Waals surface area contributed by atoms with Crippen molar-refractivity contribution < 1.29 is 9.59 Å². The Balaban J connectivity index is 1.42. The fourth-order valence-corrected chi connectivity index (χ4v) is 2.79. The molecule has 2 aliphatic carbocycles. The maximum Gasteiger partial charge on any atom is 0.337 e. The Morgan fingerprint density at radius 2 is 1.84 bits per heavy atom. The summed E-state index contributed by atoms with van der Waals surface area (Å²) in [5, 5.41) is 2.64. The Morgan fingerprint density at radius 1 is 1.11 bits per heavy atom. The third kappa shape index (κ3) is 2.41. The van der Waals surface area contributed by atoms with Crippen LogP contribution in [0.15, 0.2) is 30.3 Å². The van der Waals surface area contributed by atoms with Gasteiger partial charge in [-0.05, 0) is 36.8 Å². The summed E-state index contributed by atoms with van der Waals surface area (Å²) in [6, 6.07) is 8.67. The number of anilines is 1. The first-order valence-corrected chi connectivity index (χ1v) is 6.62. The molecule has 2 fully saturated rings. The number of carbonyl (C=O) groups excluding carboxylic acids is 2. The van der Waals surface area contributed by atoms with Crippen LogP contribution in [-0.2, 0) is 4.79 Å². The van der Waals surface area contributed by atoms with Gasteiger partial charge < -0.3 is 5.32 Å². The fraction of sp³-hybridized carbons (Fsp3) is 0.429. The minimum Gasteiger partial charge on any atom is -0.307 e. The summed E-state index contributed by atoms with van der Waals surface area (Å²) in [6.07, 6.45) is 4.51. The Bertz CT molecular complexity index is 497. The van der Waals surface area contributed by atoms with Crippen LogP contribution in [0.1, 0.15) is 25.7 Å². The van der Waals surface area contributed by atoms with E-state index in [1.165, 1.54) is 6.42 Å². The lowest BCUT2D eigenvalue weighted by molar-refractivity contribution is -0.124. The lowest BCUT2D eigenvalue weighted by Gasteiger charge is -2.26. The highest BCUT2D eigenvalue weighted by Gasteiger charge is 2.60. The molecule has 2 saturated carbocycles. The predicted molar refractivity (Wildman–Crippen MR) is 71.1 cm³/mol. The number of urea groups is 1. The van der Waals surface area contributed by atoms with Crippen LogP contribution < -0.4 is 16.2 Å². The molecule has 3 N–H and O–H groups in total. The Hall–Kier alpha value is -2.04. The molecule has 2 aliphatic rings. The summed E-state index contributed by atoms with van der Waals surface area (Å²) < 4.78 is 0. The first kappa shape index (κ1) is 12.0. The van der Waals surface area contributed by atoms with Crippen molar-refractivity contribution in [3.05, 3.63) is 30.3 Å². The first-order valence-electron chi connectivity index (χ1n) is 6.62. The van der Waals surface area contributed by atoms with Gasteiger partial charge in [0.05, 0.1) is 0 Å². The number of para-hydroxylation sites is 1. The molecule has 0 saturated heterocycles. The molecule has 3 amide bonds. The van der Waals surface area contributed by atoms with Crippen molar-refractivity contribution in [2.75, 3.05) is 5.32 Å². The molecule has 0 aromatic heterocycles. The molecule has 1 atom stereocenters. The minimum atomic E-state index is -0.428. The van der Waals surface area contributed by atoms with Crippen LogP contribution in [0.25, 0.3) is 0 Å². The van der Waals surface area contributed by atoms with E-state index < -0.39 is 6.03 Å². The summed E-state index contributed by atoms with van der Waals surface area (Å²) >= 11 is 0. The topological polar surface area (TPSA) is 70.2 Å². The van der Waals surface area contributed by atoms with Gasteiger partial charge in [-0.25, -0.2) is 10.2 Å². The monoisotopic (exact) mass is 259 g/mol. The highest BCUT2D eigenvalue weighted by molar-refractivity contribution is 5.91. The molecular weight excluding hydrogens is 242 g/mol. The second-order valence-corrected chi connectivity index (χ2v) is 5.41. The molecule has 0 heterocycles. The zero-order valence-corrected chi connectivity index (χ0v) is 10.6. The number of hydrazine groups is 1. The quantitative estimate of drug-likeness (QED) is 0.711. The lowest BCUT2D eigenvalue weighted by Crippen LogP contribution is -2.45. The highest BCUT2D eigenvalue weighted by atomic mass is 16.2. The van der Waals surface area contributed by atoms with E-state index in [1.54, 1.807) is 12.1 Å². The average molecular weight is 259 g/mol. The summed E-state index contributed by atoms with van der Waals surface area (Å²) in [7, 11) is 0. The van der Waals surface area contributed by atoms with E-state index in [9.17, 15) is 9.59 Å². The fourth-order valence-electron chi connectivity index (χ4n) is 2.79. The largest absolute Gasteiger partial charge is 0.337 e. The number of rotatable bonds is 2. The second-order valence-electron chi connectivity index (χ2n) is 5.41. The molecule has 5 nitrogen and oxygen atoms in total. The third-order valence-corrected chi connectivity index (χ3v) is 4.19. The van der Waals surface area contributed by atoms with Gasteiger partial charge in [0.25, 0.3) is 0 Å². The lowest BCUT2D eigenvalue weighted by atomic mass is 9.80. The van der Waals surface area contributed by atoms with E-state index in [4.69, 9.17) is 0 Å². The van der Waals surface area contributed by atoms with E-state index >= 15 is 0 Å². The van der Waals surface area contributed by atoms with Crippen molar-refractivity contribution in [2.24, 2.45) is 11.3 Å². The summed E-state index contributed by atoms with van der Waals surface area (Å²) in [6.45, 7) is 0. The van der Waals surface area contributed by atoms with Crippen LogP contribution in [0.2, 0.25) is 0 Å². The van der Waals surface area contributed by atoms with Gasteiger partial charge in [-0.15, -0.1) is 0 Å². The smallest absolute Gasteiger partial charge is 0.307 e. The molecule has 0 bridgehead atoms. The van der Waals surface area contributed by atoms with Crippen LogP contribution in [0.5, 0.6) is 0 Å². The Labute approximate surface area is 111 Å². The second kappa shape index (κ2) is 4.57. The molecule has 1 spiro atoms. The average Bonchev–Trinajstić information content (AvgIpc) is 3.13. The van der Waals surface area contributed by atoms with Crippen LogP contribution in [0, 0.1) is 11.3 Å². The number of hydrogen-bond acceptors (Lipinski definition) is 2. The van der Waals surface area contributed by atoms with E-state index in [0.717, 1.165) is 19.3 Å². The van der Waals surface area contributed by atoms with E-state index in [-0.39, 0.29) is 17.2 Å². The number of amides is 3. The molecule has 0 radical (unpaired) electrons. The zero-order chi connectivity index (χ0) is 13.3. The minimum absolute atomic E-state index is 0.0667.